The van der Waals surface area contributed by atoms with Crippen LogP contribution in [0.1, 0.15) is 60.0 Å². The summed E-state index contributed by atoms with van der Waals surface area (Å²) in [6.45, 7) is 2.80. The third-order valence-electron chi connectivity index (χ3n) is 6.65. The number of piperidine rings is 1. The summed E-state index contributed by atoms with van der Waals surface area (Å²) < 4.78 is 5.30. The van der Waals surface area contributed by atoms with E-state index in [0.29, 0.717) is 24.3 Å². The lowest BCUT2D eigenvalue weighted by molar-refractivity contribution is 0.287. The van der Waals surface area contributed by atoms with Gasteiger partial charge in [-0.15, -0.1) is 0 Å². The van der Waals surface area contributed by atoms with Crippen molar-refractivity contribution in [3.63, 3.8) is 0 Å². The van der Waals surface area contributed by atoms with Gasteiger partial charge in [-0.05, 0) is 99.3 Å². The van der Waals surface area contributed by atoms with Crippen LogP contribution >= 0.6 is 0 Å². The molecular weight excluding hydrogens is 346 g/mol. The molecule has 28 heavy (non-hydrogen) atoms. The van der Waals surface area contributed by atoms with Gasteiger partial charge < -0.3 is 15.8 Å². The Bertz CT molecular complexity index is 774. The molecular formula is C24H33N3O. The number of hydrogen-bond donors (Lipinski definition) is 2. The SMILES string of the molecule is COc1ccc(C(CN)CC2CNCCC2c2ccc3c(n2)CCCC3)cc1. The van der Waals surface area contributed by atoms with Gasteiger partial charge in [-0.2, -0.15) is 0 Å². The van der Waals surface area contributed by atoms with E-state index in [9.17, 15) is 0 Å². The molecule has 1 aromatic carbocycles. The van der Waals surface area contributed by atoms with Crippen LogP contribution in [0.3, 0.4) is 0 Å². The monoisotopic (exact) mass is 379 g/mol. The Balaban J connectivity index is 1.52. The standard InChI is InChI=1S/C24H33N3O/c1-28-21-9-6-17(7-10-21)19(15-25)14-20-16-26-13-12-22(20)24-11-8-18-4-2-3-5-23(18)27-24/h6-11,19-20,22,26H,2-5,12-16,25H2,1H3. The molecule has 3 N–H and O–H groups in total. The van der Waals surface area contributed by atoms with Crippen molar-refractivity contribution in [2.45, 2.75) is 50.4 Å². The molecule has 0 radical (unpaired) electrons. The van der Waals surface area contributed by atoms with Crippen molar-refractivity contribution in [3.05, 3.63) is 58.9 Å². The van der Waals surface area contributed by atoms with Crippen LogP contribution in [0, 0.1) is 5.92 Å². The van der Waals surface area contributed by atoms with E-state index in [0.717, 1.165) is 38.1 Å². The summed E-state index contributed by atoms with van der Waals surface area (Å²) in [5, 5.41) is 3.61. The number of benzene rings is 1. The van der Waals surface area contributed by atoms with E-state index < -0.39 is 0 Å². The van der Waals surface area contributed by atoms with Gasteiger partial charge in [0, 0.05) is 17.3 Å². The van der Waals surface area contributed by atoms with E-state index in [1.165, 1.54) is 41.8 Å². The smallest absolute Gasteiger partial charge is 0.118 e. The van der Waals surface area contributed by atoms with Crippen LogP contribution in [-0.4, -0.2) is 31.7 Å². The Morgan fingerprint density at radius 2 is 1.96 bits per heavy atom. The molecule has 1 saturated heterocycles. The van der Waals surface area contributed by atoms with E-state index >= 15 is 0 Å². The fraction of sp³-hybridized carbons (Fsp3) is 0.542. The summed E-state index contributed by atoms with van der Waals surface area (Å²) in [5.74, 6) is 2.37. The molecule has 1 aliphatic carbocycles. The summed E-state index contributed by atoms with van der Waals surface area (Å²) in [6, 6.07) is 13.1. The molecule has 0 saturated carbocycles. The molecule has 2 aromatic rings. The van der Waals surface area contributed by atoms with Crippen LogP contribution in [0.5, 0.6) is 5.75 Å². The maximum atomic E-state index is 6.20. The van der Waals surface area contributed by atoms with Crippen LogP contribution in [0.25, 0.3) is 0 Å². The van der Waals surface area contributed by atoms with E-state index in [-0.39, 0.29) is 0 Å². The molecule has 2 aliphatic rings. The number of nitrogens with zero attached hydrogens (tertiary/aromatic N) is 1. The van der Waals surface area contributed by atoms with Crippen molar-refractivity contribution in [2.24, 2.45) is 11.7 Å². The van der Waals surface area contributed by atoms with Crippen molar-refractivity contribution >= 4 is 0 Å². The lowest BCUT2D eigenvalue weighted by Gasteiger charge is -2.34. The molecule has 150 valence electrons. The average molecular weight is 380 g/mol. The second-order valence-electron chi connectivity index (χ2n) is 8.35. The normalized spacial score (nSPS) is 23.1. The second kappa shape index (κ2) is 9.06. The Labute approximate surface area is 168 Å². The van der Waals surface area contributed by atoms with Crippen molar-refractivity contribution in [2.75, 3.05) is 26.7 Å². The third kappa shape index (κ3) is 4.23. The highest BCUT2D eigenvalue weighted by Gasteiger charge is 2.30. The molecule has 0 bridgehead atoms. The highest BCUT2D eigenvalue weighted by Crippen LogP contribution is 2.37. The Hall–Kier alpha value is -1.91. The number of ether oxygens (including phenoxy) is 1. The zero-order valence-corrected chi connectivity index (χ0v) is 17.0. The number of nitrogens with one attached hydrogen (secondary N) is 1. The first-order chi connectivity index (χ1) is 13.8. The number of aryl methyl sites for hydroxylation is 2. The fourth-order valence-corrected chi connectivity index (χ4v) is 4.98. The number of fused-ring (bicyclic) bond motifs is 1. The molecule has 3 unspecified atom stereocenters. The van der Waals surface area contributed by atoms with E-state index in [1.54, 1.807) is 7.11 Å². The van der Waals surface area contributed by atoms with E-state index in [4.69, 9.17) is 15.5 Å². The lowest BCUT2D eigenvalue weighted by atomic mass is 9.76. The van der Waals surface area contributed by atoms with Crippen LogP contribution in [0.2, 0.25) is 0 Å². The predicted molar refractivity (Wildman–Crippen MR) is 114 cm³/mol. The van der Waals surface area contributed by atoms with Crippen molar-refractivity contribution in [1.82, 2.24) is 10.3 Å². The topological polar surface area (TPSA) is 60.2 Å². The van der Waals surface area contributed by atoms with Crippen LogP contribution in [-0.2, 0) is 12.8 Å². The van der Waals surface area contributed by atoms with Gasteiger partial charge >= 0.3 is 0 Å². The second-order valence-corrected chi connectivity index (χ2v) is 8.35. The van der Waals surface area contributed by atoms with Gasteiger partial charge in [0.2, 0.25) is 0 Å². The van der Waals surface area contributed by atoms with Crippen LogP contribution in [0.4, 0.5) is 0 Å². The summed E-state index contributed by atoms with van der Waals surface area (Å²) in [6.07, 6.45) is 7.20. The quantitative estimate of drug-likeness (QED) is 0.802. The van der Waals surface area contributed by atoms with Crippen molar-refractivity contribution < 1.29 is 4.74 Å². The Morgan fingerprint density at radius 3 is 2.75 bits per heavy atom. The summed E-state index contributed by atoms with van der Waals surface area (Å²) in [5.41, 5.74) is 11.6. The van der Waals surface area contributed by atoms with Gasteiger partial charge in [0.25, 0.3) is 0 Å². The van der Waals surface area contributed by atoms with Gasteiger partial charge in [0.1, 0.15) is 5.75 Å². The van der Waals surface area contributed by atoms with Gasteiger partial charge in [-0.3, -0.25) is 4.98 Å². The zero-order valence-electron chi connectivity index (χ0n) is 17.0. The first kappa shape index (κ1) is 19.4. The average Bonchev–Trinajstić information content (AvgIpc) is 2.77. The first-order valence-corrected chi connectivity index (χ1v) is 10.8. The predicted octanol–water partition coefficient (Wildman–Crippen LogP) is 3.79. The van der Waals surface area contributed by atoms with Crippen LogP contribution < -0.4 is 15.8 Å². The molecule has 1 aromatic heterocycles. The fourth-order valence-electron chi connectivity index (χ4n) is 4.98. The zero-order chi connectivity index (χ0) is 19.3. The molecule has 2 heterocycles. The minimum absolute atomic E-state index is 0.371. The van der Waals surface area contributed by atoms with Gasteiger partial charge in [-0.1, -0.05) is 18.2 Å². The minimum atomic E-state index is 0.371. The van der Waals surface area contributed by atoms with Gasteiger partial charge in [-0.25, -0.2) is 0 Å². The van der Waals surface area contributed by atoms with Crippen molar-refractivity contribution in [3.8, 4) is 5.75 Å². The summed E-state index contributed by atoms with van der Waals surface area (Å²) in [7, 11) is 1.71. The summed E-state index contributed by atoms with van der Waals surface area (Å²) in [4.78, 5) is 5.14. The largest absolute Gasteiger partial charge is 0.497 e. The van der Waals surface area contributed by atoms with E-state index in [2.05, 4.69) is 29.6 Å². The summed E-state index contributed by atoms with van der Waals surface area (Å²) >= 11 is 0. The molecule has 3 atom stereocenters. The number of pyridine rings is 1. The molecule has 4 nitrogen and oxygen atoms in total. The van der Waals surface area contributed by atoms with Gasteiger partial charge in [0.05, 0.1) is 7.11 Å². The molecule has 1 aliphatic heterocycles. The number of rotatable bonds is 6. The minimum Gasteiger partial charge on any atom is -0.497 e. The highest BCUT2D eigenvalue weighted by molar-refractivity contribution is 5.30. The van der Waals surface area contributed by atoms with E-state index in [1.807, 2.05) is 12.1 Å². The number of hydrogen-bond acceptors (Lipinski definition) is 4. The Kier molecular flexibility index (Phi) is 6.28. The molecule has 4 rings (SSSR count). The van der Waals surface area contributed by atoms with Crippen molar-refractivity contribution in [1.29, 1.82) is 0 Å². The molecule has 1 fully saturated rings. The maximum Gasteiger partial charge on any atom is 0.118 e. The Morgan fingerprint density at radius 1 is 1.14 bits per heavy atom. The number of nitrogens with two attached hydrogens (primary N) is 1. The van der Waals surface area contributed by atoms with Crippen LogP contribution in [0.15, 0.2) is 36.4 Å². The highest BCUT2D eigenvalue weighted by atomic mass is 16.5. The number of aromatic nitrogens is 1. The molecule has 4 heteroatoms. The van der Waals surface area contributed by atoms with Gasteiger partial charge in [0.15, 0.2) is 0 Å². The number of methoxy groups -OCH3 is 1. The third-order valence-corrected chi connectivity index (χ3v) is 6.65. The lowest BCUT2D eigenvalue weighted by Crippen LogP contribution is -2.37. The maximum absolute atomic E-state index is 6.20. The first-order valence-electron chi connectivity index (χ1n) is 10.8. The molecule has 0 amide bonds. The molecule has 0 spiro atoms.